The van der Waals surface area contributed by atoms with Crippen LogP contribution >= 0.6 is 22.6 Å². The fraction of sp³-hybridized carbons (Fsp3) is 1.00. The van der Waals surface area contributed by atoms with E-state index in [-0.39, 0.29) is 4.61 Å². The van der Waals surface area contributed by atoms with Crippen molar-refractivity contribution < 1.29 is 29.9 Å². The molecule has 3 unspecified atom stereocenters. The normalized spacial score (nSPS) is 46.8. The maximum Gasteiger partial charge on any atom is 0.187 e. The third kappa shape index (κ3) is 2.60. The minimum absolute atomic E-state index is 0.268. The SMILES string of the molecule is CC1(O)C(O)[C@H](OCI)OC(CO)[C@H]1O. The average Bonchev–Trinajstić information content (AvgIpc) is 2.20. The molecule has 7 heteroatoms. The van der Waals surface area contributed by atoms with Crippen molar-refractivity contribution >= 4 is 22.6 Å². The second-order valence-corrected chi connectivity index (χ2v) is 4.24. The highest BCUT2D eigenvalue weighted by Crippen LogP contribution is 2.30. The maximum absolute atomic E-state index is 9.84. The summed E-state index contributed by atoms with van der Waals surface area (Å²) < 4.78 is 10.4. The summed E-state index contributed by atoms with van der Waals surface area (Å²) in [5.41, 5.74) is -1.76. The predicted molar refractivity (Wildman–Crippen MR) is 58.4 cm³/mol. The number of aliphatic hydroxyl groups excluding tert-OH is 3. The van der Waals surface area contributed by atoms with Gasteiger partial charge in [-0.05, 0) is 6.92 Å². The van der Waals surface area contributed by atoms with Crippen LogP contribution in [-0.4, -0.2) is 61.8 Å². The Morgan fingerprint density at radius 1 is 1.40 bits per heavy atom. The van der Waals surface area contributed by atoms with E-state index in [4.69, 9.17) is 14.6 Å². The zero-order valence-corrected chi connectivity index (χ0v) is 10.4. The van der Waals surface area contributed by atoms with Gasteiger partial charge in [0, 0.05) is 0 Å². The molecule has 1 heterocycles. The highest BCUT2D eigenvalue weighted by atomic mass is 127. The fourth-order valence-corrected chi connectivity index (χ4v) is 1.84. The molecule has 15 heavy (non-hydrogen) atoms. The van der Waals surface area contributed by atoms with Crippen LogP contribution in [0.5, 0.6) is 0 Å². The Labute approximate surface area is 101 Å². The van der Waals surface area contributed by atoms with Crippen molar-refractivity contribution in [2.24, 2.45) is 0 Å². The summed E-state index contributed by atoms with van der Waals surface area (Å²) in [6.45, 7) is 0.822. The molecule has 0 saturated carbocycles. The Bertz CT molecular complexity index is 211. The largest absolute Gasteiger partial charge is 0.394 e. The van der Waals surface area contributed by atoms with Gasteiger partial charge in [-0.3, -0.25) is 0 Å². The van der Waals surface area contributed by atoms with Crippen LogP contribution in [0.25, 0.3) is 0 Å². The highest BCUT2D eigenvalue weighted by molar-refractivity contribution is 14.1. The van der Waals surface area contributed by atoms with Gasteiger partial charge >= 0.3 is 0 Å². The third-order valence-corrected chi connectivity index (χ3v) is 2.88. The number of halogens is 1. The average molecular weight is 334 g/mol. The first-order valence-corrected chi connectivity index (χ1v) is 6.00. The zero-order valence-electron chi connectivity index (χ0n) is 8.21. The molecule has 1 fully saturated rings. The Kier molecular flexibility index (Phi) is 4.71. The van der Waals surface area contributed by atoms with Crippen LogP contribution in [0.4, 0.5) is 0 Å². The van der Waals surface area contributed by atoms with Crippen molar-refractivity contribution in [2.75, 3.05) is 11.2 Å². The van der Waals surface area contributed by atoms with Gasteiger partial charge in [-0.15, -0.1) is 0 Å². The summed E-state index contributed by atoms with van der Waals surface area (Å²) in [4.78, 5) is 0. The Morgan fingerprint density at radius 2 is 2.00 bits per heavy atom. The van der Waals surface area contributed by atoms with Crippen molar-refractivity contribution in [3.8, 4) is 0 Å². The van der Waals surface area contributed by atoms with E-state index in [0.717, 1.165) is 0 Å². The van der Waals surface area contributed by atoms with Crippen LogP contribution < -0.4 is 0 Å². The Morgan fingerprint density at radius 3 is 2.47 bits per heavy atom. The van der Waals surface area contributed by atoms with Gasteiger partial charge in [-0.2, -0.15) is 0 Å². The lowest BCUT2D eigenvalue weighted by Gasteiger charge is -2.45. The monoisotopic (exact) mass is 334 g/mol. The van der Waals surface area contributed by atoms with Crippen molar-refractivity contribution in [1.29, 1.82) is 0 Å². The summed E-state index contributed by atoms with van der Waals surface area (Å²) in [5.74, 6) is 0. The van der Waals surface area contributed by atoms with Crippen LogP contribution in [0.2, 0.25) is 0 Å². The van der Waals surface area contributed by atoms with Gasteiger partial charge in [0.2, 0.25) is 0 Å². The summed E-state index contributed by atoms with van der Waals surface area (Å²) in [6.07, 6.45) is -4.72. The lowest BCUT2D eigenvalue weighted by atomic mass is 9.86. The molecule has 0 amide bonds. The van der Waals surface area contributed by atoms with Gasteiger partial charge < -0.3 is 29.9 Å². The molecule has 0 aliphatic carbocycles. The van der Waals surface area contributed by atoms with Crippen molar-refractivity contribution in [3.63, 3.8) is 0 Å². The molecule has 90 valence electrons. The smallest absolute Gasteiger partial charge is 0.187 e. The first-order chi connectivity index (χ1) is 6.95. The molecule has 0 spiro atoms. The van der Waals surface area contributed by atoms with Crippen LogP contribution in [-0.2, 0) is 9.47 Å². The van der Waals surface area contributed by atoms with Crippen molar-refractivity contribution in [3.05, 3.63) is 0 Å². The van der Waals surface area contributed by atoms with Gasteiger partial charge in [0.25, 0.3) is 0 Å². The van der Waals surface area contributed by atoms with Crippen LogP contribution in [0.1, 0.15) is 6.92 Å². The number of rotatable bonds is 3. The summed E-state index contributed by atoms with van der Waals surface area (Å²) in [7, 11) is 0. The molecular weight excluding hydrogens is 319 g/mol. The second kappa shape index (κ2) is 5.21. The second-order valence-electron chi connectivity index (χ2n) is 3.62. The van der Waals surface area contributed by atoms with E-state index in [1.807, 2.05) is 22.6 Å². The molecule has 1 aliphatic rings. The number of hydrogen-bond donors (Lipinski definition) is 4. The Hall–Kier alpha value is 0.490. The molecule has 0 aromatic rings. The van der Waals surface area contributed by atoms with E-state index in [2.05, 4.69) is 0 Å². The summed E-state index contributed by atoms with van der Waals surface area (Å²) in [5, 5.41) is 38.0. The standard InChI is InChI=1S/C8H15IO6/c1-8(13)5(11)4(2-10)15-7(6(8)12)14-3-9/h4-7,10-13H,2-3H2,1H3/t4?,5-,6?,7-,8?/m1/s1. The molecule has 1 saturated heterocycles. The molecule has 0 radical (unpaired) electrons. The maximum atomic E-state index is 9.84. The minimum Gasteiger partial charge on any atom is -0.394 e. The molecule has 1 rings (SSSR count). The summed E-state index contributed by atoms with van der Waals surface area (Å²) in [6, 6.07) is 0. The number of ether oxygens (including phenoxy) is 2. The Balaban J connectivity index is 2.80. The van der Waals surface area contributed by atoms with Gasteiger partial charge in [0.1, 0.15) is 28.5 Å². The number of aliphatic hydroxyl groups is 4. The van der Waals surface area contributed by atoms with E-state index in [0.29, 0.717) is 0 Å². The van der Waals surface area contributed by atoms with E-state index in [1.165, 1.54) is 6.92 Å². The minimum atomic E-state index is -1.76. The molecule has 6 nitrogen and oxygen atoms in total. The van der Waals surface area contributed by atoms with E-state index in [1.54, 1.807) is 0 Å². The van der Waals surface area contributed by atoms with Crippen molar-refractivity contribution in [2.45, 2.75) is 37.1 Å². The summed E-state index contributed by atoms with van der Waals surface area (Å²) >= 11 is 1.92. The predicted octanol–water partition coefficient (Wildman–Crippen LogP) is -1.41. The van der Waals surface area contributed by atoms with Crippen LogP contribution in [0.3, 0.4) is 0 Å². The third-order valence-electron chi connectivity index (χ3n) is 2.52. The lowest BCUT2D eigenvalue weighted by Crippen LogP contribution is -2.66. The molecule has 0 bridgehead atoms. The van der Waals surface area contributed by atoms with E-state index >= 15 is 0 Å². The van der Waals surface area contributed by atoms with Gasteiger partial charge in [-0.25, -0.2) is 0 Å². The first kappa shape index (κ1) is 13.6. The lowest BCUT2D eigenvalue weighted by molar-refractivity contribution is -0.323. The molecule has 1 aliphatic heterocycles. The van der Waals surface area contributed by atoms with Crippen LogP contribution in [0, 0.1) is 0 Å². The van der Waals surface area contributed by atoms with E-state index in [9.17, 15) is 15.3 Å². The number of alkyl halides is 1. The van der Waals surface area contributed by atoms with Gasteiger partial charge in [-0.1, -0.05) is 22.6 Å². The number of hydrogen-bond acceptors (Lipinski definition) is 6. The van der Waals surface area contributed by atoms with Gasteiger partial charge in [0.15, 0.2) is 6.29 Å². The quantitative estimate of drug-likeness (QED) is 0.374. The topological polar surface area (TPSA) is 99.4 Å². The first-order valence-electron chi connectivity index (χ1n) is 4.47. The van der Waals surface area contributed by atoms with Crippen molar-refractivity contribution in [1.82, 2.24) is 0 Å². The molecule has 0 aromatic heterocycles. The fourth-order valence-electron chi connectivity index (χ4n) is 1.48. The zero-order chi connectivity index (χ0) is 11.6. The van der Waals surface area contributed by atoms with E-state index < -0.39 is 36.8 Å². The van der Waals surface area contributed by atoms with Gasteiger partial charge in [0.05, 0.1) is 6.61 Å². The molecule has 4 N–H and O–H groups in total. The van der Waals surface area contributed by atoms with Crippen LogP contribution in [0.15, 0.2) is 0 Å². The highest BCUT2D eigenvalue weighted by Gasteiger charge is 2.52. The molecule has 0 aromatic carbocycles. The molecular formula is C8H15IO6. The molecule has 5 atom stereocenters.